The Bertz CT molecular complexity index is 568. The second-order valence-electron chi connectivity index (χ2n) is 4.96. The highest BCUT2D eigenvalue weighted by molar-refractivity contribution is 5.94. The fourth-order valence-electron chi connectivity index (χ4n) is 2.46. The lowest BCUT2D eigenvalue weighted by molar-refractivity contribution is 0.0772. The minimum Gasteiger partial charge on any atom is -0.489 e. The van der Waals surface area contributed by atoms with Crippen molar-refractivity contribution in [3.63, 3.8) is 0 Å². The molecule has 0 unspecified atom stereocenters. The van der Waals surface area contributed by atoms with Crippen LogP contribution in [0.1, 0.15) is 16.8 Å². The van der Waals surface area contributed by atoms with E-state index in [1.54, 1.807) is 0 Å². The highest BCUT2D eigenvalue weighted by Crippen LogP contribution is 2.19. The zero-order valence-electron chi connectivity index (χ0n) is 11.2. The smallest absolute Gasteiger partial charge is 0.253 e. The molecule has 0 radical (unpaired) electrons. The number of carbonyl (C=O) groups excluding carboxylic acids is 1. The normalized spacial score (nSPS) is 18.0. The summed E-state index contributed by atoms with van der Waals surface area (Å²) in [5, 5.41) is 0. The zero-order chi connectivity index (χ0) is 13.8. The monoisotopic (exact) mass is 267 g/mol. The van der Waals surface area contributed by atoms with Crippen molar-refractivity contribution in [1.29, 1.82) is 0 Å². The van der Waals surface area contributed by atoms with E-state index in [1.165, 1.54) is 0 Å². The Balaban J connectivity index is 1.61. The molecule has 1 amide bonds. The summed E-state index contributed by atoms with van der Waals surface area (Å²) >= 11 is 0. The summed E-state index contributed by atoms with van der Waals surface area (Å²) in [7, 11) is 0. The number of nitrogens with zero attached hydrogens (tertiary/aromatic N) is 1. The van der Waals surface area contributed by atoms with Crippen LogP contribution in [0.2, 0.25) is 0 Å². The molecule has 0 aliphatic carbocycles. The molecule has 0 bridgehead atoms. The molecule has 3 heteroatoms. The largest absolute Gasteiger partial charge is 0.489 e. The van der Waals surface area contributed by atoms with E-state index in [2.05, 4.69) is 0 Å². The minimum atomic E-state index is 0.0877. The van der Waals surface area contributed by atoms with Crippen molar-refractivity contribution in [3.8, 4) is 5.75 Å². The zero-order valence-corrected chi connectivity index (χ0v) is 11.2. The lowest BCUT2D eigenvalue weighted by Crippen LogP contribution is -2.30. The second kappa shape index (κ2) is 5.78. The molecule has 3 rings (SSSR count). The summed E-state index contributed by atoms with van der Waals surface area (Å²) < 4.78 is 5.90. The Labute approximate surface area is 118 Å². The van der Waals surface area contributed by atoms with Crippen LogP contribution >= 0.6 is 0 Å². The van der Waals surface area contributed by atoms with Crippen molar-refractivity contribution < 1.29 is 9.53 Å². The Kier molecular flexibility index (Phi) is 3.68. The molecule has 1 aliphatic heterocycles. The highest BCUT2D eigenvalue weighted by atomic mass is 16.5. The van der Waals surface area contributed by atoms with E-state index in [0.717, 1.165) is 24.3 Å². The third-order valence-electron chi connectivity index (χ3n) is 3.50. The van der Waals surface area contributed by atoms with Gasteiger partial charge in [-0.05, 0) is 24.3 Å². The molecular weight excluding hydrogens is 250 g/mol. The van der Waals surface area contributed by atoms with Gasteiger partial charge in [0.1, 0.15) is 11.9 Å². The molecule has 1 aliphatic rings. The van der Waals surface area contributed by atoms with E-state index in [4.69, 9.17) is 4.74 Å². The molecule has 1 heterocycles. The van der Waals surface area contributed by atoms with Crippen molar-refractivity contribution in [2.75, 3.05) is 13.1 Å². The Hall–Kier alpha value is -2.29. The molecule has 2 aromatic rings. The summed E-state index contributed by atoms with van der Waals surface area (Å²) in [4.78, 5) is 14.2. The molecule has 20 heavy (non-hydrogen) atoms. The molecule has 2 aromatic carbocycles. The van der Waals surface area contributed by atoms with Gasteiger partial charge in [0, 0.05) is 18.5 Å². The summed E-state index contributed by atoms with van der Waals surface area (Å²) in [6.45, 7) is 1.41. The van der Waals surface area contributed by atoms with Crippen molar-refractivity contribution in [2.24, 2.45) is 0 Å². The Morgan fingerprint density at radius 2 is 1.65 bits per heavy atom. The van der Waals surface area contributed by atoms with Gasteiger partial charge in [-0.1, -0.05) is 36.4 Å². The summed E-state index contributed by atoms with van der Waals surface area (Å²) in [5.74, 6) is 0.955. The van der Waals surface area contributed by atoms with Gasteiger partial charge in [0.15, 0.2) is 0 Å². The molecule has 0 saturated carbocycles. The number of ether oxygens (including phenoxy) is 1. The summed E-state index contributed by atoms with van der Waals surface area (Å²) in [6.07, 6.45) is 0.970. The molecule has 1 saturated heterocycles. The first kappa shape index (κ1) is 12.7. The van der Waals surface area contributed by atoms with Gasteiger partial charge in [-0.15, -0.1) is 0 Å². The van der Waals surface area contributed by atoms with Gasteiger partial charge in [0.05, 0.1) is 6.54 Å². The molecule has 1 fully saturated rings. The van der Waals surface area contributed by atoms with Crippen molar-refractivity contribution in [3.05, 3.63) is 66.2 Å². The number of amides is 1. The SMILES string of the molecule is O=C(c1ccccc1)N1CC[C@H](Oc2ccccc2)C1. The van der Waals surface area contributed by atoms with Gasteiger partial charge >= 0.3 is 0 Å². The Morgan fingerprint density at radius 1 is 1.00 bits per heavy atom. The molecule has 102 valence electrons. The molecule has 0 spiro atoms. The number of rotatable bonds is 3. The third-order valence-corrected chi connectivity index (χ3v) is 3.50. The van der Waals surface area contributed by atoms with Gasteiger partial charge in [0.2, 0.25) is 0 Å². The fraction of sp³-hybridized carbons (Fsp3) is 0.235. The van der Waals surface area contributed by atoms with Crippen LogP contribution in [0.25, 0.3) is 0 Å². The quantitative estimate of drug-likeness (QED) is 0.855. The van der Waals surface area contributed by atoms with Crippen LogP contribution in [-0.2, 0) is 0 Å². The predicted octanol–water partition coefficient (Wildman–Crippen LogP) is 2.98. The summed E-state index contributed by atoms with van der Waals surface area (Å²) in [5.41, 5.74) is 0.743. The van der Waals surface area contributed by atoms with E-state index in [9.17, 15) is 4.79 Å². The molecular formula is C17H17NO2. The van der Waals surface area contributed by atoms with Crippen LogP contribution in [0.5, 0.6) is 5.75 Å². The van der Waals surface area contributed by atoms with Gasteiger partial charge < -0.3 is 9.64 Å². The minimum absolute atomic E-state index is 0.0877. The van der Waals surface area contributed by atoms with Crippen LogP contribution < -0.4 is 4.74 Å². The fourth-order valence-corrected chi connectivity index (χ4v) is 2.46. The number of hydrogen-bond donors (Lipinski definition) is 0. The van der Waals surface area contributed by atoms with Gasteiger partial charge in [-0.2, -0.15) is 0 Å². The topological polar surface area (TPSA) is 29.5 Å². The maximum atomic E-state index is 12.3. The molecule has 0 aromatic heterocycles. The molecule has 3 nitrogen and oxygen atoms in total. The number of likely N-dealkylation sites (tertiary alicyclic amines) is 1. The van der Waals surface area contributed by atoms with Crippen molar-refractivity contribution in [1.82, 2.24) is 4.90 Å². The maximum Gasteiger partial charge on any atom is 0.253 e. The number of hydrogen-bond acceptors (Lipinski definition) is 2. The van der Waals surface area contributed by atoms with Crippen LogP contribution in [0.4, 0.5) is 0 Å². The highest BCUT2D eigenvalue weighted by Gasteiger charge is 2.28. The summed E-state index contributed by atoms with van der Waals surface area (Å²) in [6, 6.07) is 19.2. The van der Waals surface area contributed by atoms with E-state index in [-0.39, 0.29) is 12.0 Å². The van der Waals surface area contributed by atoms with Crippen LogP contribution in [0.3, 0.4) is 0 Å². The second-order valence-corrected chi connectivity index (χ2v) is 4.96. The van der Waals surface area contributed by atoms with E-state index in [0.29, 0.717) is 6.54 Å². The number of benzene rings is 2. The van der Waals surface area contributed by atoms with Crippen LogP contribution in [0, 0.1) is 0 Å². The van der Waals surface area contributed by atoms with E-state index >= 15 is 0 Å². The standard InChI is InChI=1S/C17H17NO2/c19-17(14-7-3-1-4-8-14)18-12-11-16(13-18)20-15-9-5-2-6-10-15/h1-10,16H,11-13H2/t16-/m0/s1. The maximum absolute atomic E-state index is 12.3. The average Bonchev–Trinajstić information content (AvgIpc) is 2.97. The first-order valence-electron chi connectivity index (χ1n) is 6.89. The Morgan fingerprint density at radius 3 is 2.35 bits per heavy atom. The van der Waals surface area contributed by atoms with Crippen LogP contribution in [-0.4, -0.2) is 30.0 Å². The first-order valence-corrected chi connectivity index (χ1v) is 6.89. The number of para-hydroxylation sites is 1. The van der Waals surface area contributed by atoms with E-state index < -0.39 is 0 Å². The van der Waals surface area contributed by atoms with Crippen molar-refractivity contribution >= 4 is 5.91 Å². The van der Waals surface area contributed by atoms with Crippen LogP contribution in [0.15, 0.2) is 60.7 Å². The average molecular weight is 267 g/mol. The molecule has 0 N–H and O–H groups in total. The van der Waals surface area contributed by atoms with Gasteiger partial charge in [-0.25, -0.2) is 0 Å². The lowest BCUT2D eigenvalue weighted by Gasteiger charge is -2.17. The predicted molar refractivity (Wildman–Crippen MR) is 77.8 cm³/mol. The van der Waals surface area contributed by atoms with E-state index in [1.807, 2.05) is 65.6 Å². The lowest BCUT2D eigenvalue weighted by atomic mass is 10.2. The number of carbonyl (C=O) groups is 1. The first-order chi connectivity index (χ1) is 9.83. The molecule has 1 atom stereocenters. The van der Waals surface area contributed by atoms with Crippen molar-refractivity contribution in [2.45, 2.75) is 12.5 Å². The third kappa shape index (κ3) is 2.82. The van der Waals surface area contributed by atoms with Gasteiger partial charge in [0.25, 0.3) is 5.91 Å². The van der Waals surface area contributed by atoms with Gasteiger partial charge in [-0.3, -0.25) is 4.79 Å².